The molecule has 0 aromatic heterocycles. The first-order valence-corrected chi connectivity index (χ1v) is 5.77. The van der Waals surface area contributed by atoms with Crippen molar-refractivity contribution in [2.24, 2.45) is 17.3 Å². The van der Waals surface area contributed by atoms with Gasteiger partial charge in [-0.25, -0.2) is 0 Å². The Morgan fingerprint density at radius 2 is 2.21 bits per heavy atom. The summed E-state index contributed by atoms with van der Waals surface area (Å²) in [4.78, 5) is 0. The van der Waals surface area contributed by atoms with E-state index < -0.39 is 6.29 Å². The second-order valence-corrected chi connectivity index (χ2v) is 5.36. The van der Waals surface area contributed by atoms with Crippen molar-refractivity contribution >= 4 is 0 Å². The van der Waals surface area contributed by atoms with Crippen LogP contribution in [0, 0.1) is 17.3 Å². The van der Waals surface area contributed by atoms with E-state index >= 15 is 0 Å². The Morgan fingerprint density at radius 3 is 3.14 bits per heavy atom. The molecular weight excluding hydrogens is 180 g/mol. The molecule has 3 saturated heterocycles. The summed E-state index contributed by atoms with van der Waals surface area (Å²) in [5.41, 5.74) is 0.334. The maximum atomic E-state index is 9.51. The predicted octanol–water partition coefficient (Wildman–Crippen LogP) is 0.909. The monoisotopic (exact) mass is 196 g/mol. The summed E-state index contributed by atoms with van der Waals surface area (Å²) in [6.07, 6.45) is 5.09. The van der Waals surface area contributed by atoms with E-state index in [0.717, 1.165) is 18.9 Å². The van der Waals surface area contributed by atoms with Gasteiger partial charge in [0.25, 0.3) is 0 Å². The number of hydrogen-bond donors (Lipinski definition) is 1. The molecule has 0 aromatic rings. The molecule has 2 aliphatic carbocycles. The van der Waals surface area contributed by atoms with E-state index in [9.17, 15) is 5.11 Å². The third-order valence-electron chi connectivity index (χ3n) is 5.02. The maximum Gasteiger partial charge on any atom is 0.154 e. The van der Waals surface area contributed by atoms with Crippen molar-refractivity contribution in [2.45, 2.75) is 44.2 Å². The third kappa shape index (κ3) is 0.668. The SMILES string of the molecule is OC1CC2C3CCCC4OC3C42CO1. The highest BCUT2D eigenvalue weighted by Gasteiger charge is 2.75. The van der Waals surface area contributed by atoms with Gasteiger partial charge in [-0.2, -0.15) is 0 Å². The fourth-order valence-electron chi connectivity index (χ4n) is 4.41. The molecule has 0 amide bonds. The van der Waals surface area contributed by atoms with Gasteiger partial charge in [0.05, 0.1) is 18.8 Å². The van der Waals surface area contributed by atoms with Gasteiger partial charge in [0, 0.05) is 11.8 Å². The van der Waals surface area contributed by atoms with Crippen molar-refractivity contribution in [1.29, 1.82) is 0 Å². The summed E-state index contributed by atoms with van der Waals surface area (Å²) < 4.78 is 11.3. The molecule has 14 heavy (non-hydrogen) atoms. The van der Waals surface area contributed by atoms with Crippen molar-refractivity contribution in [2.75, 3.05) is 6.61 Å². The molecule has 0 aromatic carbocycles. The minimum atomic E-state index is -0.506. The summed E-state index contributed by atoms with van der Waals surface area (Å²) in [7, 11) is 0. The summed E-state index contributed by atoms with van der Waals surface area (Å²) in [6, 6.07) is 0. The maximum absolute atomic E-state index is 9.51. The van der Waals surface area contributed by atoms with E-state index in [-0.39, 0.29) is 0 Å². The number of rotatable bonds is 0. The van der Waals surface area contributed by atoms with Crippen LogP contribution in [0.15, 0.2) is 0 Å². The van der Waals surface area contributed by atoms with E-state index in [4.69, 9.17) is 9.47 Å². The van der Waals surface area contributed by atoms with Crippen LogP contribution in [-0.2, 0) is 9.47 Å². The second kappa shape index (κ2) is 2.34. The Balaban J connectivity index is 1.71. The molecule has 2 saturated carbocycles. The van der Waals surface area contributed by atoms with Gasteiger partial charge in [-0.1, -0.05) is 6.42 Å². The van der Waals surface area contributed by atoms with Crippen LogP contribution in [0.4, 0.5) is 0 Å². The Hall–Kier alpha value is -0.120. The lowest BCUT2D eigenvalue weighted by molar-refractivity contribution is -0.407. The lowest BCUT2D eigenvalue weighted by Gasteiger charge is -2.72. The second-order valence-electron chi connectivity index (χ2n) is 5.36. The van der Waals surface area contributed by atoms with Crippen LogP contribution < -0.4 is 0 Å². The molecule has 5 rings (SSSR count). The highest BCUT2D eigenvalue weighted by Crippen LogP contribution is 2.69. The number of hydrogen-bond acceptors (Lipinski definition) is 3. The fourth-order valence-corrected chi connectivity index (χ4v) is 4.41. The molecular formula is C11H16O3. The van der Waals surface area contributed by atoms with Gasteiger partial charge in [-0.3, -0.25) is 0 Å². The molecule has 6 unspecified atom stereocenters. The van der Waals surface area contributed by atoms with Gasteiger partial charge in [0.1, 0.15) is 0 Å². The minimum absolute atomic E-state index is 0.334. The number of aliphatic hydroxyl groups is 1. The topological polar surface area (TPSA) is 38.7 Å². The van der Waals surface area contributed by atoms with Crippen molar-refractivity contribution in [1.82, 2.24) is 0 Å². The normalized spacial score (nSPS) is 64.5. The van der Waals surface area contributed by atoms with Gasteiger partial charge in [0.2, 0.25) is 0 Å². The van der Waals surface area contributed by atoms with Crippen molar-refractivity contribution in [3.05, 3.63) is 0 Å². The Morgan fingerprint density at radius 1 is 1.29 bits per heavy atom. The predicted molar refractivity (Wildman–Crippen MR) is 48.5 cm³/mol. The molecule has 3 heteroatoms. The van der Waals surface area contributed by atoms with Gasteiger partial charge < -0.3 is 14.6 Å². The van der Waals surface area contributed by atoms with Crippen LogP contribution in [0.25, 0.3) is 0 Å². The number of aliphatic hydroxyl groups excluding tert-OH is 1. The molecule has 0 radical (unpaired) electrons. The van der Waals surface area contributed by atoms with E-state index in [1.54, 1.807) is 0 Å². The van der Waals surface area contributed by atoms with Crippen molar-refractivity contribution in [3.8, 4) is 0 Å². The molecule has 78 valence electrons. The van der Waals surface area contributed by atoms with E-state index in [1.165, 1.54) is 19.3 Å². The van der Waals surface area contributed by atoms with Crippen molar-refractivity contribution < 1.29 is 14.6 Å². The molecule has 5 fully saturated rings. The first-order chi connectivity index (χ1) is 6.82. The first kappa shape index (κ1) is 8.08. The largest absolute Gasteiger partial charge is 0.373 e. The zero-order valence-corrected chi connectivity index (χ0v) is 8.19. The van der Waals surface area contributed by atoms with E-state index in [1.807, 2.05) is 0 Å². The molecule has 3 nitrogen and oxygen atoms in total. The summed E-state index contributed by atoms with van der Waals surface area (Å²) in [6.45, 7) is 0.741. The smallest absolute Gasteiger partial charge is 0.154 e. The molecule has 6 atom stereocenters. The number of ether oxygens (including phenoxy) is 2. The van der Waals surface area contributed by atoms with Crippen LogP contribution in [0.1, 0.15) is 25.7 Å². The lowest BCUT2D eigenvalue weighted by atomic mass is 9.45. The van der Waals surface area contributed by atoms with Gasteiger partial charge in [-0.15, -0.1) is 0 Å². The van der Waals surface area contributed by atoms with E-state index in [2.05, 4.69) is 0 Å². The zero-order valence-electron chi connectivity index (χ0n) is 8.19. The van der Waals surface area contributed by atoms with Crippen LogP contribution in [-0.4, -0.2) is 30.2 Å². The number of fused-ring (bicyclic) bond motifs is 2. The van der Waals surface area contributed by atoms with Crippen LogP contribution in [0.5, 0.6) is 0 Å². The van der Waals surface area contributed by atoms with Crippen LogP contribution >= 0.6 is 0 Å². The third-order valence-corrected chi connectivity index (χ3v) is 5.02. The average Bonchev–Trinajstić information content (AvgIpc) is 2.52. The first-order valence-electron chi connectivity index (χ1n) is 5.77. The molecule has 3 aliphatic heterocycles. The molecule has 3 heterocycles. The molecule has 4 bridgehead atoms. The average molecular weight is 196 g/mol. The van der Waals surface area contributed by atoms with Crippen LogP contribution in [0.2, 0.25) is 0 Å². The molecule has 1 spiro atoms. The Bertz CT molecular complexity index is 271. The fraction of sp³-hybridized carbons (Fsp3) is 1.00. The lowest BCUT2D eigenvalue weighted by Crippen LogP contribution is -2.78. The standard InChI is InChI=1S/C11H16O3/c12-9-4-7-6-2-1-3-8-11(7,5-13-9)10(6)14-8/h6-10,12H,1-5H2. The quantitative estimate of drug-likeness (QED) is 0.626. The summed E-state index contributed by atoms with van der Waals surface area (Å²) >= 11 is 0. The summed E-state index contributed by atoms with van der Waals surface area (Å²) in [5.74, 6) is 1.42. The van der Waals surface area contributed by atoms with Gasteiger partial charge >= 0.3 is 0 Å². The highest BCUT2D eigenvalue weighted by molar-refractivity contribution is 5.21. The van der Waals surface area contributed by atoms with Gasteiger partial charge in [-0.05, 0) is 24.7 Å². The zero-order chi connectivity index (χ0) is 9.34. The van der Waals surface area contributed by atoms with Gasteiger partial charge in [0.15, 0.2) is 6.29 Å². The Labute approximate surface area is 83.4 Å². The molecule has 5 aliphatic rings. The Kier molecular flexibility index (Phi) is 1.35. The summed E-state index contributed by atoms with van der Waals surface area (Å²) in [5, 5.41) is 9.51. The van der Waals surface area contributed by atoms with Crippen molar-refractivity contribution in [3.63, 3.8) is 0 Å². The van der Waals surface area contributed by atoms with Crippen LogP contribution in [0.3, 0.4) is 0 Å². The minimum Gasteiger partial charge on any atom is -0.373 e. The molecule has 1 N–H and O–H groups in total. The van der Waals surface area contributed by atoms with E-state index in [0.29, 0.717) is 23.5 Å². The highest BCUT2D eigenvalue weighted by atomic mass is 16.6.